The first kappa shape index (κ1) is 15.5. The molecule has 120 valence electrons. The lowest BCUT2D eigenvalue weighted by molar-refractivity contribution is 0.101. The number of methoxy groups -OCH3 is 1. The zero-order chi connectivity index (χ0) is 16.9. The van der Waals surface area contributed by atoms with E-state index in [1.54, 1.807) is 36.4 Å². The number of benzene rings is 2. The molecule has 0 atom stereocenters. The second-order valence-corrected chi connectivity index (χ2v) is 4.97. The highest BCUT2D eigenvalue weighted by atomic mass is 16.5. The van der Waals surface area contributed by atoms with Crippen LogP contribution in [0.3, 0.4) is 0 Å². The minimum Gasteiger partial charge on any atom is -0.494 e. The monoisotopic (exact) mass is 321 g/mol. The van der Waals surface area contributed by atoms with Crippen molar-refractivity contribution in [3.63, 3.8) is 0 Å². The van der Waals surface area contributed by atoms with E-state index in [2.05, 4.69) is 10.4 Å². The highest BCUT2D eigenvalue weighted by Gasteiger charge is 2.18. The van der Waals surface area contributed by atoms with E-state index in [4.69, 9.17) is 4.74 Å². The molecule has 0 saturated heterocycles. The molecule has 0 saturated carbocycles. The number of aromatic nitrogens is 2. The van der Waals surface area contributed by atoms with Crippen molar-refractivity contribution in [1.29, 1.82) is 0 Å². The van der Waals surface area contributed by atoms with Gasteiger partial charge < -0.3 is 10.1 Å². The van der Waals surface area contributed by atoms with Crippen LogP contribution in [0.15, 0.2) is 71.5 Å². The maximum atomic E-state index is 12.5. The Morgan fingerprint density at radius 3 is 2.29 bits per heavy atom. The van der Waals surface area contributed by atoms with Crippen LogP contribution in [0.4, 0.5) is 5.69 Å². The van der Waals surface area contributed by atoms with Crippen LogP contribution < -0.4 is 15.6 Å². The predicted molar refractivity (Wildman–Crippen MR) is 90.8 cm³/mol. The third-order valence-electron chi connectivity index (χ3n) is 3.36. The van der Waals surface area contributed by atoms with Crippen LogP contribution in [0.25, 0.3) is 5.69 Å². The van der Waals surface area contributed by atoms with Crippen LogP contribution in [0.2, 0.25) is 0 Å². The summed E-state index contributed by atoms with van der Waals surface area (Å²) in [7, 11) is 1.39. The van der Waals surface area contributed by atoms with Crippen LogP contribution in [-0.2, 0) is 0 Å². The molecule has 1 heterocycles. The largest absolute Gasteiger partial charge is 0.494 e. The van der Waals surface area contributed by atoms with E-state index in [0.29, 0.717) is 11.4 Å². The maximum absolute atomic E-state index is 12.5. The lowest BCUT2D eigenvalue weighted by Gasteiger charge is -2.11. The fourth-order valence-corrected chi connectivity index (χ4v) is 2.22. The number of hydrogen-bond acceptors (Lipinski definition) is 4. The molecular formula is C18H15N3O3. The Morgan fingerprint density at radius 1 is 1.04 bits per heavy atom. The van der Waals surface area contributed by atoms with E-state index >= 15 is 0 Å². The first-order chi connectivity index (χ1) is 11.7. The van der Waals surface area contributed by atoms with E-state index in [9.17, 15) is 9.59 Å². The fourth-order valence-electron chi connectivity index (χ4n) is 2.22. The molecule has 0 bridgehead atoms. The summed E-state index contributed by atoms with van der Waals surface area (Å²) in [5, 5.41) is 6.91. The number of carbonyl (C=O) groups excluding carboxylic acids is 1. The molecule has 3 aromatic rings. The molecule has 6 nitrogen and oxygen atoms in total. The van der Waals surface area contributed by atoms with Crippen molar-refractivity contribution in [2.24, 2.45) is 0 Å². The van der Waals surface area contributed by atoms with Gasteiger partial charge in [0, 0.05) is 5.69 Å². The third-order valence-corrected chi connectivity index (χ3v) is 3.36. The molecule has 0 aliphatic carbocycles. The minimum absolute atomic E-state index is 0.0322. The first-order valence-electron chi connectivity index (χ1n) is 7.29. The normalized spacial score (nSPS) is 10.2. The predicted octanol–water partition coefficient (Wildman–Crippen LogP) is 2.49. The minimum atomic E-state index is -0.456. The van der Waals surface area contributed by atoms with Gasteiger partial charge in [0.2, 0.25) is 0 Å². The molecule has 0 spiro atoms. The van der Waals surface area contributed by atoms with Gasteiger partial charge in [-0.05, 0) is 24.3 Å². The number of anilines is 1. The van der Waals surface area contributed by atoms with Gasteiger partial charge in [-0.1, -0.05) is 36.4 Å². The third kappa shape index (κ3) is 3.17. The van der Waals surface area contributed by atoms with E-state index in [0.717, 1.165) is 0 Å². The Kier molecular flexibility index (Phi) is 4.38. The summed E-state index contributed by atoms with van der Waals surface area (Å²) in [5.41, 5.74) is 0.849. The smallest absolute Gasteiger partial charge is 0.279 e. The zero-order valence-corrected chi connectivity index (χ0v) is 13.0. The number of nitrogens with zero attached hydrogens (tertiary/aromatic N) is 2. The summed E-state index contributed by atoms with van der Waals surface area (Å²) in [4.78, 5) is 24.7. The SMILES string of the molecule is COc1cc(=O)n(-c2ccccc2)nc1C(=O)Nc1ccccc1. The molecule has 1 N–H and O–H groups in total. The number of nitrogens with one attached hydrogen (secondary N) is 1. The molecule has 0 aliphatic rings. The van der Waals surface area contributed by atoms with Crippen molar-refractivity contribution < 1.29 is 9.53 Å². The van der Waals surface area contributed by atoms with Crippen molar-refractivity contribution in [2.75, 3.05) is 12.4 Å². The highest BCUT2D eigenvalue weighted by Crippen LogP contribution is 2.16. The molecule has 2 aromatic carbocycles. The summed E-state index contributed by atoms with van der Waals surface area (Å²) < 4.78 is 6.31. The summed E-state index contributed by atoms with van der Waals surface area (Å²) in [6.07, 6.45) is 0. The molecule has 0 aliphatic heterocycles. The Morgan fingerprint density at radius 2 is 1.67 bits per heavy atom. The van der Waals surface area contributed by atoms with Crippen LogP contribution >= 0.6 is 0 Å². The second kappa shape index (κ2) is 6.78. The molecular weight excluding hydrogens is 306 g/mol. The van der Waals surface area contributed by atoms with Gasteiger partial charge in [0.1, 0.15) is 0 Å². The van der Waals surface area contributed by atoms with E-state index in [1.807, 2.05) is 24.3 Å². The standard InChI is InChI=1S/C18H15N3O3/c1-24-15-12-16(22)21(14-10-6-3-7-11-14)20-17(15)18(23)19-13-8-4-2-5-9-13/h2-12H,1H3,(H,19,23). The van der Waals surface area contributed by atoms with Gasteiger partial charge in [0.05, 0.1) is 18.9 Å². The lowest BCUT2D eigenvalue weighted by atomic mass is 10.2. The van der Waals surface area contributed by atoms with Crippen LogP contribution in [0.5, 0.6) is 5.75 Å². The Labute approximate surface area is 138 Å². The van der Waals surface area contributed by atoms with Crippen molar-refractivity contribution >= 4 is 11.6 Å². The molecule has 0 fully saturated rings. The topological polar surface area (TPSA) is 73.2 Å². The zero-order valence-electron chi connectivity index (χ0n) is 13.0. The van der Waals surface area contributed by atoms with Crippen molar-refractivity contribution in [1.82, 2.24) is 9.78 Å². The number of ether oxygens (including phenoxy) is 1. The van der Waals surface area contributed by atoms with Gasteiger partial charge in [-0.15, -0.1) is 0 Å². The lowest BCUT2D eigenvalue weighted by Crippen LogP contribution is -2.26. The van der Waals surface area contributed by atoms with Crippen LogP contribution in [0.1, 0.15) is 10.5 Å². The fraction of sp³-hybridized carbons (Fsp3) is 0.0556. The average Bonchev–Trinajstić information content (AvgIpc) is 2.63. The molecule has 0 radical (unpaired) electrons. The molecule has 0 unspecified atom stereocenters. The molecule has 6 heteroatoms. The molecule has 1 aromatic heterocycles. The van der Waals surface area contributed by atoms with Gasteiger partial charge in [0.25, 0.3) is 11.5 Å². The average molecular weight is 321 g/mol. The Bertz CT molecular complexity index is 906. The molecule has 24 heavy (non-hydrogen) atoms. The maximum Gasteiger partial charge on any atom is 0.279 e. The van der Waals surface area contributed by atoms with Gasteiger partial charge in [0.15, 0.2) is 11.4 Å². The summed E-state index contributed by atoms with van der Waals surface area (Å²) in [5.74, 6) is -0.330. The Balaban J connectivity index is 2.03. The second-order valence-electron chi connectivity index (χ2n) is 4.97. The quantitative estimate of drug-likeness (QED) is 0.801. The van der Waals surface area contributed by atoms with Crippen LogP contribution in [0, 0.1) is 0 Å². The van der Waals surface area contributed by atoms with E-state index in [1.165, 1.54) is 17.9 Å². The van der Waals surface area contributed by atoms with Crippen molar-refractivity contribution in [3.05, 3.63) is 82.8 Å². The number of carbonyl (C=O) groups is 1. The number of para-hydroxylation sites is 2. The Hall–Kier alpha value is -3.41. The molecule has 3 rings (SSSR count). The van der Waals surface area contributed by atoms with Gasteiger partial charge in [-0.2, -0.15) is 9.78 Å². The first-order valence-corrected chi connectivity index (χ1v) is 7.29. The number of rotatable bonds is 4. The molecule has 1 amide bonds. The van der Waals surface area contributed by atoms with Crippen LogP contribution in [-0.4, -0.2) is 22.8 Å². The number of hydrogen-bond donors (Lipinski definition) is 1. The van der Waals surface area contributed by atoms with E-state index in [-0.39, 0.29) is 17.0 Å². The number of amides is 1. The van der Waals surface area contributed by atoms with Gasteiger partial charge in [-0.25, -0.2) is 0 Å². The van der Waals surface area contributed by atoms with Crippen molar-refractivity contribution in [3.8, 4) is 11.4 Å². The summed E-state index contributed by atoms with van der Waals surface area (Å²) in [6.45, 7) is 0. The summed E-state index contributed by atoms with van der Waals surface area (Å²) in [6, 6.07) is 19.1. The summed E-state index contributed by atoms with van der Waals surface area (Å²) >= 11 is 0. The van der Waals surface area contributed by atoms with Gasteiger partial charge >= 0.3 is 0 Å². The highest BCUT2D eigenvalue weighted by molar-refractivity contribution is 6.04. The van der Waals surface area contributed by atoms with Gasteiger partial charge in [-0.3, -0.25) is 9.59 Å². The van der Waals surface area contributed by atoms with E-state index < -0.39 is 5.91 Å². The van der Waals surface area contributed by atoms with Crippen molar-refractivity contribution in [2.45, 2.75) is 0 Å².